The Kier molecular flexibility index (Phi) is 9.19. The minimum absolute atomic E-state index is 0.0441. The van der Waals surface area contributed by atoms with Crippen molar-refractivity contribution in [3.05, 3.63) is 129 Å². The minimum atomic E-state index is -3.85. The fraction of sp³-hybridized carbons (Fsp3) is 0.231. The van der Waals surface area contributed by atoms with Gasteiger partial charge in [-0.2, -0.15) is 0 Å². The molecule has 0 radical (unpaired) electrons. The number of nitrogens with two attached hydrogens (primary N) is 3. The summed E-state index contributed by atoms with van der Waals surface area (Å²) >= 11 is -2.28. The molecule has 1 atom stereocenters. The maximum atomic E-state index is 12.0. The van der Waals surface area contributed by atoms with Crippen LogP contribution in [0.25, 0.3) is 22.3 Å². The first-order valence-corrected chi connectivity index (χ1v) is 19.2. The highest BCUT2D eigenvalue weighted by atomic mass is 32.2. The third kappa shape index (κ3) is 5.82. The number of sulfonamides is 1. The molecule has 10 heteroatoms. The van der Waals surface area contributed by atoms with Crippen LogP contribution in [0.1, 0.15) is 72.2 Å². The van der Waals surface area contributed by atoms with Gasteiger partial charge >= 0.3 is 0 Å². The van der Waals surface area contributed by atoms with Crippen LogP contribution in [0.5, 0.6) is 0 Å². The molecule has 0 saturated carbocycles. The van der Waals surface area contributed by atoms with Crippen LogP contribution in [0.2, 0.25) is 0 Å². The highest BCUT2D eigenvalue weighted by Crippen LogP contribution is 2.58. The Labute approximate surface area is 291 Å². The molecule has 8 N–H and O–H groups in total. The van der Waals surface area contributed by atoms with Crippen LogP contribution in [-0.2, 0) is 52.4 Å². The van der Waals surface area contributed by atoms with Crippen LogP contribution in [0.15, 0.2) is 89.8 Å². The fourth-order valence-corrected chi connectivity index (χ4v) is 8.30. The van der Waals surface area contributed by atoms with Gasteiger partial charge in [-0.3, -0.25) is 9.27 Å². The molecule has 8 nitrogen and oxygen atoms in total. The molecular formula is C39H42N4O4S2. The van der Waals surface area contributed by atoms with E-state index in [-0.39, 0.29) is 4.90 Å². The van der Waals surface area contributed by atoms with Crippen molar-refractivity contribution in [2.45, 2.75) is 63.7 Å². The second-order valence-electron chi connectivity index (χ2n) is 12.5. The number of fused-ring (bicyclic) bond motifs is 3. The fourth-order valence-electron chi connectivity index (χ4n) is 7.45. The number of hydrogen-bond acceptors (Lipinski definition) is 5. The van der Waals surface area contributed by atoms with Crippen molar-refractivity contribution in [3.63, 3.8) is 0 Å². The quantitative estimate of drug-likeness (QED) is 0.0745. The highest BCUT2D eigenvalue weighted by Gasteiger charge is 2.47. The van der Waals surface area contributed by atoms with E-state index in [9.17, 15) is 17.2 Å². The van der Waals surface area contributed by atoms with E-state index in [1.165, 1.54) is 12.1 Å². The molecule has 1 aliphatic rings. The van der Waals surface area contributed by atoms with Gasteiger partial charge in [0.25, 0.3) is 11.3 Å². The number of primary sulfonamides is 1. The Morgan fingerprint density at radius 2 is 1.08 bits per heavy atom. The monoisotopic (exact) mass is 694 g/mol. The lowest BCUT2D eigenvalue weighted by Crippen LogP contribution is -2.30. The number of nitrogens with one attached hydrogen (secondary N) is 1. The van der Waals surface area contributed by atoms with Crippen molar-refractivity contribution in [1.82, 2.24) is 0 Å². The maximum Gasteiger partial charge on any atom is 0.259 e. The van der Waals surface area contributed by atoms with E-state index in [0.29, 0.717) is 5.69 Å². The standard InChI is InChI=1S/C39H42N4O4S2/c1-5-23-17-29(18-24(6-2)37(23)40)39(30-19-25(7-3)38(41)26(8-4)20-30)35-21-28(27-9-13-32(14-10-27)49(42,46)47)11-15-33(35)34-16-12-31(22-36(34)39)43-48(44)45/h9-22,43H,5-8,40-41H2,1-4H3,(H,44,45)(H2,42,46,47). The molecule has 0 spiro atoms. The van der Waals surface area contributed by atoms with Crippen molar-refractivity contribution < 1.29 is 17.2 Å². The lowest BCUT2D eigenvalue weighted by molar-refractivity contribution is 0.570. The smallest absolute Gasteiger partial charge is 0.259 e. The van der Waals surface area contributed by atoms with Gasteiger partial charge in [-0.15, -0.1) is 0 Å². The summed E-state index contributed by atoms with van der Waals surface area (Å²) in [5.41, 5.74) is 26.7. The number of anilines is 3. The van der Waals surface area contributed by atoms with Crippen LogP contribution in [0.3, 0.4) is 0 Å². The van der Waals surface area contributed by atoms with E-state index in [2.05, 4.69) is 68.8 Å². The van der Waals surface area contributed by atoms with Gasteiger partial charge < -0.3 is 11.5 Å². The van der Waals surface area contributed by atoms with Gasteiger partial charge in [0, 0.05) is 17.1 Å². The van der Waals surface area contributed by atoms with Crippen LogP contribution < -0.4 is 21.3 Å². The summed E-state index contributed by atoms with van der Waals surface area (Å²) in [7, 11) is -3.85. The molecule has 1 unspecified atom stereocenters. The molecule has 0 fully saturated rings. The first-order valence-electron chi connectivity index (χ1n) is 16.5. The summed E-state index contributed by atoms with van der Waals surface area (Å²) in [4.78, 5) is 0.0441. The van der Waals surface area contributed by atoms with Crippen molar-refractivity contribution >= 4 is 38.4 Å². The topological polar surface area (TPSA) is 162 Å². The van der Waals surface area contributed by atoms with Gasteiger partial charge in [0.2, 0.25) is 10.0 Å². The molecule has 254 valence electrons. The van der Waals surface area contributed by atoms with E-state index < -0.39 is 26.7 Å². The molecule has 0 bridgehead atoms. The molecule has 1 aliphatic carbocycles. The van der Waals surface area contributed by atoms with Gasteiger partial charge in [-0.1, -0.05) is 82.3 Å². The lowest BCUT2D eigenvalue weighted by atomic mass is 9.65. The Bertz CT molecular complexity index is 2120. The molecule has 0 heterocycles. The molecule has 49 heavy (non-hydrogen) atoms. The summed E-state index contributed by atoms with van der Waals surface area (Å²) < 4.78 is 48.6. The molecule has 5 aromatic rings. The number of rotatable bonds is 10. The average Bonchev–Trinajstić information content (AvgIpc) is 3.37. The Morgan fingerprint density at radius 3 is 1.51 bits per heavy atom. The summed E-state index contributed by atoms with van der Waals surface area (Å²) in [6.45, 7) is 8.42. The van der Waals surface area contributed by atoms with Crippen LogP contribution in [-0.4, -0.2) is 17.2 Å². The molecule has 6 rings (SSSR count). The molecule has 0 saturated heterocycles. The second kappa shape index (κ2) is 13.1. The second-order valence-corrected chi connectivity index (χ2v) is 14.8. The zero-order chi connectivity index (χ0) is 35.2. The van der Waals surface area contributed by atoms with E-state index in [0.717, 1.165) is 104 Å². The molecular weight excluding hydrogens is 653 g/mol. The van der Waals surface area contributed by atoms with Crippen molar-refractivity contribution in [2.24, 2.45) is 5.14 Å². The third-order valence-corrected chi connectivity index (χ3v) is 11.3. The third-order valence-electron chi connectivity index (χ3n) is 9.95. The molecule has 0 aromatic heterocycles. The summed E-state index contributed by atoms with van der Waals surface area (Å²) in [5.74, 6) is 0. The first kappa shape index (κ1) is 34.4. The number of aryl methyl sites for hydroxylation is 4. The van der Waals surface area contributed by atoms with E-state index in [1.54, 1.807) is 12.1 Å². The Hall–Kier alpha value is -4.48. The van der Waals surface area contributed by atoms with Crippen molar-refractivity contribution in [2.75, 3.05) is 16.2 Å². The minimum Gasteiger partial charge on any atom is -0.398 e. The Balaban J connectivity index is 1.79. The van der Waals surface area contributed by atoms with Gasteiger partial charge in [-0.25, -0.2) is 17.8 Å². The predicted octanol–water partition coefficient (Wildman–Crippen LogP) is 7.33. The lowest BCUT2D eigenvalue weighted by Gasteiger charge is -2.36. The van der Waals surface area contributed by atoms with Gasteiger partial charge in [0.05, 0.1) is 10.3 Å². The van der Waals surface area contributed by atoms with Crippen LogP contribution in [0, 0.1) is 0 Å². The number of benzene rings is 5. The first-order chi connectivity index (χ1) is 23.4. The molecule has 5 aromatic carbocycles. The SMILES string of the molecule is CCc1cc(C2(c3cc(CC)c(N)c(CC)c3)c3cc(NS(=O)O)ccc3-c3ccc(-c4ccc(S(N)(=O)=O)cc4)cc32)cc(CC)c1N. The molecule has 0 amide bonds. The zero-order valence-corrected chi connectivity index (χ0v) is 29.8. The normalized spacial score (nSPS) is 13.9. The maximum absolute atomic E-state index is 12.0. The Morgan fingerprint density at radius 1 is 0.653 bits per heavy atom. The zero-order valence-electron chi connectivity index (χ0n) is 28.1. The summed E-state index contributed by atoms with van der Waals surface area (Å²) in [5, 5.41) is 5.40. The van der Waals surface area contributed by atoms with Crippen LogP contribution >= 0.6 is 0 Å². The number of hydrogen-bond donors (Lipinski definition) is 5. The average molecular weight is 695 g/mol. The van der Waals surface area contributed by atoms with E-state index in [1.807, 2.05) is 24.3 Å². The summed E-state index contributed by atoms with van der Waals surface area (Å²) in [6, 6.07) is 27.5. The van der Waals surface area contributed by atoms with Gasteiger partial charge in [-0.05, 0) is 123 Å². The van der Waals surface area contributed by atoms with Gasteiger partial charge in [0.1, 0.15) is 0 Å². The highest BCUT2D eigenvalue weighted by molar-refractivity contribution is 7.89. The van der Waals surface area contributed by atoms with Crippen LogP contribution in [0.4, 0.5) is 17.1 Å². The van der Waals surface area contributed by atoms with Crippen molar-refractivity contribution in [1.29, 1.82) is 0 Å². The summed E-state index contributed by atoms with van der Waals surface area (Å²) in [6.07, 6.45) is 2.97. The van der Waals surface area contributed by atoms with E-state index >= 15 is 0 Å². The largest absolute Gasteiger partial charge is 0.398 e. The van der Waals surface area contributed by atoms with E-state index in [4.69, 9.17) is 16.6 Å². The molecule has 0 aliphatic heterocycles. The van der Waals surface area contributed by atoms with Gasteiger partial charge in [0.15, 0.2) is 0 Å². The van der Waals surface area contributed by atoms with Crippen molar-refractivity contribution in [3.8, 4) is 22.3 Å². The predicted molar refractivity (Wildman–Crippen MR) is 201 cm³/mol. The number of nitrogen functional groups attached to an aromatic ring is 2.